The fourth-order valence-corrected chi connectivity index (χ4v) is 10.0. The molecule has 0 radical (unpaired) electrons. The summed E-state index contributed by atoms with van der Waals surface area (Å²) in [7, 11) is 0. The Bertz CT molecular complexity index is 2200. The Morgan fingerprint density at radius 3 is 2.27 bits per heavy atom. The molecule has 3 aliphatic rings. The van der Waals surface area contributed by atoms with Crippen molar-refractivity contribution >= 4 is 28.7 Å². The Balaban J connectivity index is 1.24. The van der Waals surface area contributed by atoms with Crippen molar-refractivity contribution in [2.45, 2.75) is 116 Å². The van der Waals surface area contributed by atoms with Crippen LogP contribution in [0.2, 0.25) is 0 Å². The number of rotatable bonds is 15. The monoisotopic (exact) mass is 746 g/mol. The summed E-state index contributed by atoms with van der Waals surface area (Å²) in [6.45, 7) is 12.6. The van der Waals surface area contributed by atoms with Crippen LogP contribution in [0.25, 0.3) is 0 Å². The minimum Gasteiger partial charge on any atom is -0.456 e. The molecule has 290 valence electrons. The van der Waals surface area contributed by atoms with Crippen molar-refractivity contribution in [2.24, 2.45) is 5.41 Å². The molecule has 1 spiro atoms. The van der Waals surface area contributed by atoms with Crippen LogP contribution in [-0.2, 0) is 16.8 Å². The van der Waals surface area contributed by atoms with Gasteiger partial charge in [-0.15, -0.1) is 0 Å². The van der Waals surface area contributed by atoms with Gasteiger partial charge in [-0.05, 0) is 105 Å². The number of ether oxygens (including phenoxy) is 2. The van der Waals surface area contributed by atoms with E-state index in [0.29, 0.717) is 11.3 Å². The van der Waals surface area contributed by atoms with Crippen LogP contribution >= 0.6 is 0 Å². The summed E-state index contributed by atoms with van der Waals surface area (Å²) < 4.78 is 13.7. The first-order valence-electron chi connectivity index (χ1n) is 21.2. The van der Waals surface area contributed by atoms with Gasteiger partial charge in [0.2, 0.25) is 0 Å². The molecule has 0 fully saturated rings. The van der Waals surface area contributed by atoms with E-state index in [0.717, 1.165) is 65.3 Å². The van der Waals surface area contributed by atoms with Gasteiger partial charge < -0.3 is 19.3 Å². The number of hydrogen-bond donors (Lipinski definition) is 0. The van der Waals surface area contributed by atoms with E-state index < -0.39 is 5.60 Å². The van der Waals surface area contributed by atoms with Gasteiger partial charge in [-0.2, -0.15) is 0 Å². The summed E-state index contributed by atoms with van der Waals surface area (Å²) >= 11 is 0. The quantitative estimate of drug-likeness (QED) is 0.0788. The lowest BCUT2D eigenvalue weighted by atomic mass is 9.77. The van der Waals surface area contributed by atoms with E-state index in [1.54, 1.807) is 0 Å². The van der Waals surface area contributed by atoms with Crippen molar-refractivity contribution in [3.8, 4) is 11.5 Å². The molecule has 5 aromatic rings. The van der Waals surface area contributed by atoms with Crippen molar-refractivity contribution in [1.82, 2.24) is 0 Å². The second kappa shape index (κ2) is 15.5. The van der Waals surface area contributed by atoms with Gasteiger partial charge in [0.25, 0.3) is 0 Å². The molecule has 5 heteroatoms. The molecule has 0 saturated heterocycles. The van der Waals surface area contributed by atoms with Gasteiger partial charge in [-0.1, -0.05) is 121 Å². The number of carbonyl (C=O) groups is 1. The molecule has 0 N–H and O–H groups in total. The molecule has 5 aromatic carbocycles. The van der Waals surface area contributed by atoms with Crippen LogP contribution < -0.4 is 14.5 Å². The molecule has 0 aromatic heterocycles. The Hall–Kier alpha value is -5.03. The van der Waals surface area contributed by atoms with E-state index in [4.69, 9.17) is 9.47 Å². The van der Waals surface area contributed by atoms with Gasteiger partial charge in [0.15, 0.2) is 5.60 Å². The highest BCUT2D eigenvalue weighted by Crippen LogP contribution is 2.58. The maximum Gasteiger partial charge on any atom is 0.340 e. The number of nitrogens with zero attached hydrogens (tertiary/aromatic N) is 2. The van der Waals surface area contributed by atoms with Crippen LogP contribution in [0.4, 0.5) is 22.7 Å². The predicted molar refractivity (Wildman–Crippen MR) is 230 cm³/mol. The standard InChI is InChI=1S/C51H58N2O3/c1-6-9-18-31-50(5)36-37-19-14-17-24-45(37)53(50)40-25-27-43-47(35-40)55-46-28-26-39(34-44(46)51(43)42-23-16-15-22-41(42)48(54)56-51)52(38-20-12-11-13-21-38)33-32-49(4,29-8-3)30-10-7-2/h11-17,19-28,34-35H,6-10,18,29-33,36H2,1-5H3. The van der Waals surface area contributed by atoms with Crippen LogP contribution in [0.15, 0.2) is 115 Å². The maximum absolute atomic E-state index is 13.9. The highest BCUT2D eigenvalue weighted by Gasteiger charge is 2.54. The van der Waals surface area contributed by atoms with Crippen LogP contribution in [0.3, 0.4) is 0 Å². The molecule has 5 nitrogen and oxygen atoms in total. The number of benzene rings is 5. The van der Waals surface area contributed by atoms with E-state index in [2.05, 4.69) is 141 Å². The number of esters is 1. The van der Waals surface area contributed by atoms with Crippen LogP contribution in [0.1, 0.15) is 131 Å². The Labute approximate surface area is 334 Å². The van der Waals surface area contributed by atoms with Gasteiger partial charge in [0, 0.05) is 57.6 Å². The van der Waals surface area contributed by atoms with Crippen molar-refractivity contribution in [1.29, 1.82) is 0 Å². The fraction of sp³-hybridized carbons (Fsp3) is 0.392. The SMILES string of the molecule is CCCCCC1(C)Cc2ccccc2N1c1ccc2c(c1)Oc1ccc(N(CCC(C)(CCC)CCCC)c3ccccc3)cc1C21OC(=O)c2ccccc21. The third-order valence-electron chi connectivity index (χ3n) is 12.9. The van der Waals surface area contributed by atoms with Gasteiger partial charge in [-0.25, -0.2) is 4.79 Å². The first-order valence-corrected chi connectivity index (χ1v) is 21.2. The van der Waals surface area contributed by atoms with Gasteiger partial charge in [0.1, 0.15) is 11.5 Å². The number of hydrogen-bond acceptors (Lipinski definition) is 5. The molecule has 3 aliphatic heterocycles. The minimum atomic E-state index is -1.15. The first-order chi connectivity index (χ1) is 27.2. The number of anilines is 4. The summed E-state index contributed by atoms with van der Waals surface area (Å²) in [5.74, 6) is 1.12. The van der Waals surface area contributed by atoms with Gasteiger partial charge in [0.05, 0.1) is 5.56 Å². The first kappa shape index (κ1) is 37.9. The third-order valence-corrected chi connectivity index (χ3v) is 12.9. The molecule has 56 heavy (non-hydrogen) atoms. The lowest BCUT2D eigenvalue weighted by Gasteiger charge is -2.40. The predicted octanol–water partition coefficient (Wildman–Crippen LogP) is 13.8. The largest absolute Gasteiger partial charge is 0.456 e. The Morgan fingerprint density at radius 2 is 1.46 bits per heavy atom. The number of unbranched alkanes of at least 4 members (excludes halogenated alkanes) is 3. The van der Waals surface area contributed by atoms with Gasteiger partial charge >= 0.3 is 5.97 Å². The lowest BCUT2D eigenvalue weighted by Crippen LogP contribution is -2.41. The molecule has 0 aliphatic carbocycles. The van der Waals surface area contributed by atoms with Crippen LogP contribution in [0.5, 0.6) is 11.5 Å². The molecule has 0 bridgehead atoms. The number of carbonyl (C=O) groups excluding carboxylic acids is 1. The molecule has 0 amide bonds. The number of fused-ring (bicyclic) bond motifs is 7. The highest BCUT2D eigenvalue weighted by molar-refractivity contribution is 5.97. The molecular formula is C51H58N2O3. The van der Waals surface area contributed by atoms with Gasteiger partial charge in [-0.3, -0.25) is 0 Å². The topological polar surface area (TPSA) is 42.0 Å². The Kier molecular flexibility index (Phi) is 10.5. The van der Waals surface area contributed by atoms with Crippen molar-refractivity contribution < 1.29 is 14.3 Å². The minimum absolute atomic E-state index is 0.0661. The average molecular weight is 747 g/mol. The van der Waals surface area contributed by atoms with Crippen LogP contribution in [-0.4, -0.2) is 18.1 Å². The molecule has 8 rings (SSSR count). The van der Waals surface area contributed by atoms with Crippen molar-refractivity contribution in [3.63, 3.8) is 0 Å². The molecule has 3 atom stereocenters. The fourth-order valence-electron chi connectivity index (χ4n) is 10.0. The second-order valence-corrected chi connectivity index (χ2v) is 17.1. The summed E-state index contributed by atoms with van der Waals surface area (Å²) in [5, 5.41) is 0. The summed E-state index contributed by atoms with van der Waals surface area (Å²) in [4.78, 5) is 18.9. The van der Waals surface area contributed by atoms with E-state index >= 15 is 0 Å². The summed E-state index contributed by atoms with van der Waals surface area (Å²) in [6.07, 6.45) is 12.8. The molecular weight excluding hydrogens is 689 g/mol. The Morgan fingerprint density at radius 1 is 0.696 bits per heavy atom. The summed E-state index contributed by atoms with van der Waals surface area (Å²) in [5.41, 5.74) is 8.14. The van der Waals surface area contributed by atoms with E-state index in [1.165, 1.54) is 62.6 Å². The normalized spacial score (nSPS) is 20.1. The van der Waals surface area contributed by atoms with E-state index in [-0.39, 0.29) is 16.9 Å². The molecule has 3 unspecified atom stereocenters. The lowest BCUT2D eigenvalue weighted by molar-refractivity contribution is 0.0224. The number of para-hydroxylation sites is 2. The zero-order valence-corrected chi connectivity index (χ0v) is 34.1. The maximum atomic E-state index is 13.9. The van der Waals surface area contributed by atoms with E-state index in [1.807, 2.05) is 18.2 Å². The average Bonchev–Trinajstić information content (AvgIpc) is 3.68. The van der Waals surface area contributed by atoms with Crippen LogP contribution in [0, 0.1) is 5.41 Å². The molecule has 3 heterocycles. The zero-order valence-electron chi connectivity index (χ0n) is 34.1. The highest BCUT2D eigenvalue weighted by atomic mass is 16.6. The second-order valence-electron chi connectivity index (χ2n) is 17.1. The summed E-state index contributed by atoms with van der Waals surface area (Å²) in [6, 6.07) is 40.5. The van der Waals surface area contributed by atoms with E-state index in [9.17, 15) is 4.79 Å². The molecule has 0 saturated carbocycles. The smallest absolute Gasteiger partial charge is 0.340 e. The van der Waals surface area contributed by atoms with Crippen molar-refractivity contribution in [3.05, 3.63) is 143 Å². The zero-order chi connectivity index (χ0) is 38.9. The van der Waals surface area contributed by atoms with Crippen molar-refractivity contribution in [2.75, 3.05) is 16.3 Å². The third kappa shape index (κ3) is 6.67.